The Labute approximate surface area is 63.1 Å². The fraction of sp³-hybridized carbons (Fsp3) is 0.500. The molecule has 0 saturated carbocycles. The van der Waals surface area contributed by atoms with E-state index in [9.17, 15) is 14.4 Å². The van der Waals surface area contributed by atoms with E-state index in [0.717, 1.165) is 0 Å². The molecule has 1 aliphatic rings. The first kappa shape index (κ1) is 7.71. The van der Waals surface area contributed by atoms with Crippen LogP contribution in [0, 0.1) is 0 Å². The first-order valence-electron chi connectivity index (χ1n) is 3.20. The third-order valence-corrected chi connectivity index (χ3v) is 1.44. The van der Waals surface area contributed by atoms with Crippen LogP contribution >= 0.6 is 0 Å². The number of nitrogens with one attached hydrogen (secondary N) is 2. The van der Waals surface area contributed by atoms with Crippen LogP contribution in [0.3, 0.4) is 0 Å². The van der Waals surface area contributed by atoms with Gasteiger partial charge in [0.15, 0.2) is 5.78 Å². The number of amides is 3. The lowest BCUT2D eigenvalue weighted by atomic mass is 10.1. The van der Waals surface area contributed by atoms with Crippen LogP contribution in [0.2, 0.25) is 0 Å². The van der Waals surface area contributed by atoms with E-state index >= 15 is 0 Å². The molecule has 3 amide bonds. The normalized spacial score (nSPS) is 23.9. The predicted molar refractivity (Wildman–Crippen MR) is 35.8 cm³/mol. The van der Waals surface area contributed by atoms with Crippen LogP contribution in [0.1, 0.15) is 13.3 Å². The Morgan fingerprint density at radius 3 is 2.64 bits per heavy atom. The Morgan fingerprint density at radius 2 is 2.18 bits per heavy atom. The highest BCUT2D eigenvalue weighted by Crippen LogP contribution is 1.98. The molecule has 1 atom stereocenters. The van der Waals surface area contributed by atoms with Crippen molar-refractivity contribution in [2.75, 3.05) is 0 Å². The third-order valence-electron chi connectivity index (χ3n) is 1.44. The number of urea groups is 1. The van der Waals surface area contributed by atoms with E-state index in [4.69, 9.17) is 0 Å². The molecule has 0 radical (unpaired) electrons. The van der Waals surface area contributed by atoms with Crippen molar-refractivity contribution < 1.29 is 14.4 Å². The standard InChI is InChI=1S/C6H8N2O3/c1-3(9)4-2-5(10)8-6(11)7-4/h4H,2H2,1H3,(H2,7,8,10,11). The van der Waals surface area contributed by atoms with E-state index in [-0.39, 0.29) is 12.2 Å². The molecule has 11 heavy (non-hydrogen) atoms. The van der Waals surface area contributed by atoms with Gasteiger partial charge in [0.25, 0.3) is 0 Å². The molecule has 1 unspecified atom stereocenters. The number of hydrogen-bond acceptors (Lipinski definition) is 3. The molecule has 1 fully saturated rings. The van der Waals surface area contributed by atoms with Gasteiger partial charge in [0.1, 0.15) is 0 Å². The van der Waals surface area contributed by atoms with Gasteiger partial charge in [-0.3, -0.25) is 14.9 Å². The highest BCUT2D eigenvalue weighted by atomic mass is 16.2. The van der Waals surface area contributed by atoms with Crippen molar-refractivity contribution in [3.8, 4) is 0 Å². The summed E-state index contributed by atoms with van der Waals surface area (Å²) in [5, 5.41) is 4.35. The summed E-state index contributed by atoms with van der Waals surface area (Å²) in [6.07, 6.45) is 0.0427. The molecule has 1 rings (SSSR count). The first-order valence-corrected chi connectivity index (χ1v) is 3.20. The molecular weight excluding hydrogens is 148 g/mol. The topological polar surface area (TPSA) is 75.3 Å². The summed E-state index contributed by atoms with van der Waals surface area (Å²) in [7, 11) is 0. The number of ketones is 1. The van der Waals surface area contributed by atoms with Crippen LogP contribution in [-0.4, -0.2) is 23.8 Å². The second kappa shape index (κ2) is 2.69. The SMILES string of the molecule is CC(=O)C1CC(=O)NC(=O)N1. The molecule has 0 spiro atoms. The minimum absolute atomic E-state index is 0.0427. The van der Waals surface area contributed by atoms with Crippen molar-refractivity contribution in [2.24, 2.45) is 0 Å². The summed E-state index contributed by atoms with van der Waals surface area (Å²) >= 11 is 0. The molecule has 0 aliphatic carbocycles. The van der Waals surface area contributed by atoms with Crippen molar-refractivity contribution in [3.63, 3.8) is 0 Å². The van der Waals surface area contributed by atoms with Crippen LogP contribution < -0.4 is 10.6 Å². The summed E-state index contributed by atoms with van der Waals surface area (Å²) in [5.41, 5.74) is 0. The Morgan fingerprint density at radius 1 is 1.55 bits per heavy atom. The van der Waals surface area contributed by atoms with Gasteiger partial charge in [-0.05, 0) is 6.92 Å². The van der Waals surface area contributed by atoms with Gasteiger partial charge in [0.2, 0.25) is 5.91 Å². The molecule has 1 aliphatic heterocycles. The molecule has 5 heteroatoms. The van der Waals surface area contributed by atoms with Gasteiger partial charge < -0.3 is 5.32 Å². The van der Waals surface area contributed by atoms with Crippen LogP contribution in [0.25, 0.3) is 0 Å². The van der Waals surface area contributed by atoms with E-state index < -0.39 is 18.0 Å². The van der Waals surface area contributed by atoms with Crippen molar-refractivity contribution in [1.29, 1.82) is 0 Å². The molecule has 60 valence electrons. The number of rotatable bonds is 1. The van der Waals surface area contributed by atoms with E-state index in [1.807, 2.05) is 5.32 Å². The molecule has 0 bridgehead atoms. The number of imide groups is 1. The maximum atomic E-state index is 10.7. The Balaban J connectivity index is 2.63. The largest absolute Gasteiger partial charge is 0.327 e. The highest BCUT2D eigenvalue weighted by molar-refractivity contribution is 6.02. The summed E-state index contributed by atoms with van der Waals surface area (Å²) in [6, 6.07) is -1.24. The zero-order valence-electron chi connectivity index (χ0n) is 6.01. The summed E-state index contributed by atoms with van der Waals surface area (Å²) < 4.78 is 0. The Kier molecular flexibility index (Phi) is 1.89. The maximum Gasteiger partial charge on any atom is 0.322 e. The summed E-state index contributed by atoms with van der Waals surface area (Å²) in [5.74, 6) is -0.609. The van der Waals surface area contributed by atoms with Gasteiger partial charge in [0.05, 0.1) is 12.5 Å². The molecule has 5 nitrogen and oxygen atoms in total. The lowest BCUT2D eigenvalue weighted by Crippen LogP contribution is -2.54. The molecular formula is C6H8N2O3. The van der Waals surface area contributed by atoms with Gasteiger partial charge in [-0.15, -0.1) is 0 Å². The third kappa shape index (κ3) is 1.76. The highest BCUT2D eigenvalue weighted by Gasteiger charge is 2.26. The summed E-state index contributed by atoms with van der Waals surface area (Å²) in [4.78, 5) is 32.0. The monoisotopic (exact) mass is 156 g/mol. The lowest BCUT2D eigenvalue weighted by Gasteiger charge is -2.20. The minimum atomic E-state index is -0.642. The average molecular weight is 156 g/mol. The molecule has 1 saturated heterocycles. The van der Waals surface area contributed by atoms with E-state index in [1.54, 1.807) is 0 Å². The van der Waals surface area contributed by atoms with Gasteiger partial charge in [0, 0.05) is 0 Å². The number of Topliss-reactive ketones (excluding diaryl/α,β-unsaturated/α-hetero) is 1. The molecule has 0 aromatic carbocycles. The second-order valence-corrected chi connectivity index (χ2v) is 2.39. The van der Waals surface area contributed by atoms with Crippen molar-refractivity contribution >= 4 is 17.7 Å². The fourth-order valence-corrected chi connectivity index (χ4v) is 0.854. The average Bonchev–Trinajstić information content (AvgIpc) is 1.85. The van der Waals surface area contributed by atoms with Crippen molar-refractivity contribution in [2.45, 2.75) is 19.4 Å². The number of carbonyl (C=O) groups excluding carboxylic acids is 3. The van der Waals surface area contributed by atoms with Crippen LogP contribution in [0.15, 0.2) is 0 Å². The van der Waals surface area contributed by atoms with Gasteiger partial charge in [-0.2, -0.15) is 0 Å². The Hall–Kier alpha value is -1.39. The van der Waals surface area contributed by atoms with Crippen molar-refractivity contribution in [3.05, 3.63) is 0 Å². The van der Waals surface area contributed by atoms with Gasteiger partial charge >= 0.3 is 6.03 Å². The number of hydrogen-bond donors (Lipinski definition) is 2. The Bertz CT molecular complexity index is 208. The smallest absolute Gasteiger partial charge is 0.322 e. The molecule has 2 N–H and O–H groups in total. The van der Waals surface area contributed by atoms with Crippen molar-refractivity contribution in [1.82, 2.24) is 10.6 Å². The maximum absolute atomic E-state index is 10.7. The zero-order chi connectivity index (χ0) is 8.43. The first-order chi connectivity index (χ1) is 5.09. The van der Waals surface area contributed by atoms with E-state index in [2.05, 4.69) is 5.32 Å². The predicted octanol–water partition coefficient (Wildman–Crippen LogP) is -0.827. The van der Waals surface area contributed by atoms with Gasteiger partial charge in [-0.25, -0.2) is 4.79 Å². The zero-order valence-corrected chi connectivity index (χ0v) is 6.01. The second-order valence-electron chi connectivity index (χ2n) is 2.39. The molecule has 1 heterocycles. The van der Waals surface area contributed by atoms with E-state index in [1.165, 1.54) is 6.92 Å². The molecule has 0 aromatic rings. The van der Waals surface area contributed by atoms with Crippen LogP contribution in [0.5, 0.6) is 0 Å². The fourth-order valence-electron chi connectivity index (χ4n) is 0.854. The minimum Gasteiger partial charge on any atom is -0.327 e. The molecule has 0 aromatic heterocycles. The quantitative estimate of drug-likeness (QED) is 0.520. The van der Waals surface area contributed by atoms with Crippen LogP contribution in [-0.2, 0) is 9.59 Å². The summed E-state index contributed by atoms with van der Waals surface area (Å²) in [6.45, 7) is 1.34. The van der Waals surface area contributed by atoms with E-state index in [0.29, 0.717) is 0 Å². The number of carbonyl (C=O) groups is 3. The van der Waals surface area contributed by atoms with Gasteiger partial charge in [-0.1, -0.05) is 0 Å². The lowest BCUT2D eigenvalue weighted by molar-refractivity contribution is -0.126. The van der Waals surface area contributed by atoms with Crippen LogP contribution in [0.4, 0.5) is 4.79 Å².